The fourth-order valence-corrected chi connectivity index (χ4v) is 3.61. The van der Waals surface area contributed by atoms with Gasteiger partial charge in [-0.25, -0.2) is 0 Å². The fraction of sp³-hybridized carbons (Fsp3) is 0.500. The van der Waals surface area contributed by atoms with Gasteiger partial charge in [-0.15, -0.1) is 0 Å². The Balaban J connectivity index is 2.76. The van der Waals surface area contributed by atoms with E-state index in [1.807, 2.05) is 51.1 Å². The number of benzene rings is 1. The van der Waals surface area contributed by atoms with Gasteiger partial charge in [-0.3, -0.25) is 0 Å². The van der Waals surface area contributed by atoms with Crippen molar-refractivity contribution in [1.82, 2.24) is 0 Å². The molecule has 0 N–H and O–H groups in total. The summed E-state index contributed by atoms with van der Waals surface area (Å²) >= 11 is 0. The number of hydrogen-bond acceptors (Lipinski definition) is 3. The van der Waals surface area contributed by atoms with Crippen LogP contribution in [0.1, 0.15) is 20.8 Å². The smallest absolute Gasteiger partial charge is 0.501 e. The van der Waals surface area contributed by atoms with Gasteiger partial charge in [0.2, 0.25) is 0 Å². The van der Waals surface area contributed by atoms with E-state index in [0.717, 1.165) is 11.8 Å². The molecule has 1 aromatic carbocycles. The van der Waals surface area contributed by atoms with Crippen molar-refractivity contribution in [3.8, 4) is 5.75 Å². The second-order valence-corrected chi connectivity index (χ2v) is 6.17. The van der Waals surface area contributed by atoms with E-state index in [-0.39, 0.29) is 0 Å². The minimum absolute atomic E-state index is 0.618. The van der Waals surface area contributed by atoms with E-state index in [1.54, 1.807) is 0 Å². The first kappa shape index (κ1) is 13.2. The van der Waals surface area contributed by atoms with Gasteiger partial charge in [-0.05, 0) is 26.0 Å². The van der Waals surface area contributed by atoms with Crippen LogP contribution in [0.5, 0.6) is 5.75 Å². The third kappa shape index (κ3) is 3.63. The molecule has 0 amide bonds. The van der Waals surface area contributed by atoms with Crippen molar-refractivity contribution < 1.29 is 13.3 Å². The molecular formula is C12H20O3Si. The number of rotatable bonds is 7. The standard InChI is InChI=1S/C12H20O3Si/c1-4-13-16(6-3,14-5-2)15-12-10-8-7-9-11-12/h7-11H,4-6H2,1-3H3. The van der Waals surface area contributed by atoms with Gasteiger partial charge in [0, 0.05) is 19.3 Å². The van der Waals surface area contributed by atoms with E-state index in [0.29, 0.717) is 13.2 Å². The van der Waals surface area contributed by atoms with Gasteiger partial charge in [0.1, 0.15) is 5.75 Å². The molecule has 0 spiro atoms. The molecule has 0 atom stereocenters. The van der Waals surface area contributed by atoms with Gasteiger partial charge < -0.3 is 13.3 Å². The minimum atomic E-state index is -2.51. The highest BCUT2D eigenvalue weighted by Crippen LogP contribution is 2.20. The predicted molar refractivity (Wildman–Crippen MR) is 66.6 cm³/mol. The highest BCUT2D eigenvalue weighted by Gasteiger charge is 2.40. The number of para-hydroxylation sites is 1. The number of hydrogen-bond donors (Lipinski definition) is 0. The maximum atomic E-state index is 5.93. The van der Waals surface area contributed by atoms with Crippen LogP contribution in [-0.2, 0) is 8.85 Å². The van der Waals surface area contributed by atoms with Gasteiger partial charge in [-0.1, -0.05) is 25.1 Å². The first-order valence-electron chi connectivity index (χ1n) is 5.78. The van der Waals surface area contributed by atoms with Gasteiger partial charge in [0.25, 0.3) is 0 Å². The van der Waals surface area contributed by atoms with E-state index < -0.39 is 8.80 Å². The van der Waals surface area contributed by atoms with Crippen molar-refractivity contribution in [2.75, 3.05) is 13.2 Å². The Labute approximate surface area is 98.7 Å². The van der Waals surface area contributed by atoms with Crippen LogP contribution >= 0.6 is 0 Å². The third-order valence-corrected chi connectivity index (χ3v) is 5.05. The van der Waals surface area contributed by atoms with Gasteiger partial charge in [0.05, 0.1) is 0 Å². The van der Waals surface area contributed by atoms with Crippen LogP contribution < -0.4 is 4.43 Å². The summed E-state index contributed by atoms with van der Waals surface area (Å²) in [6, 6.07) is 10.5. The molecule has 0 fully saturated rings. The van der Waals surface area contributed by atoms with E-state index >= 15 is 0 Å². The average Bonchev–Trinajstić information content (AvgIpc) is 2.31. The molecule has 0 aromatic heterocycles. The molecule has 1 rings (SSSR count). The lowest BCUT2D eigenvalue weighted by molar-refractivity contribution is 0.118. The first-order chi connectivity index (χ1) is 7.76. The fourth-order valence-electron chi connectivity index (χ4n) is 1.48. The third-order valence-electron chi connectivity index (χ3n) is 2.18. The monoisotopic (exact) mass is 240 g/mol. The van der Waals surface area contributed by atoms with E-state index in [9.17, 15) is 0 Å². The summed E-state index contributed by atoms with van der Waals surface area (Å²) in [5, 5.41) is 0. The zero-order valence-corrected chi connectivity index (χ0v) is 11.2. The molecule has 1 aromatic rings. The minimum Gasteiger partial charge on any atom is -0.501 e. The molecular weight excluding hydrogens is 220 g/mol. The van der Waals surface area contributed by atoms with Crippen molar-refractivity contribution in [3.05, 3.63) is 30.3 Å². The molecule has 90 valence electrons. The lowest BCUT2D eigenvalue weighted by atomic mass is 10.3. The van der Waals surface area contributed by atoms with Crippen LogP contribution in [0.4, 0.5) is 0 Å². The maximum absolute atomic E-state index is 5.93. The Morgan fingerprint density at radius 1 is 0.938 bits per heavy atom. The molecule has 16 heavy (non-hydrogen) atoms. The lowest BCUT2D eigenvalue weighted by Gasteiger charge is -2.28. The Hall–Kier alpha value is -0.843. The summed E-state index contributed by atoms with van der Waals surface area (Å²) < 4.78 is 17.4. The van der Waals surface area contributed by atoms with Gasteiger partial charge >= 0.3 is 8.80 Å². The van der Waals surface area contributed by atoms with E-state index in [1.165, 1.54) is 0 Å². The van der Waals surface area contributed by atoms with Gasteiger partial charge in [-0.2, -0.15) is 0 Å². The molecule has 0 aliphatic rings. The topological polar surface area (TPSA) is 27.7 Å². The molecule has 0 heterocycles. The lowest BCUT2D eigenvalue weighted by Crippen LogP contribution is -2.48. The summed E-state index contributed by atoms with van der Waals surface area (Å²) in [5.74, 6) is 0.818. The normalized spacial score (nSPS) is 11.4. The van der Waals surface area contributed by atoms with Crippen LogP contribution in [-0.4, -0.2) is 22.0 Å². The summed E-state index contributed by atoms with van der Waals surface area (Å²) in [6.07, 6.45) is 0. The quantitative estimate of drug-likeness (QED) is 0.685. The summed E-state index contributed by atoms with van der Waals surface area (Å²) in [4.78, 5) is 0. The average molecular weight is 240 g/mol. The molecule has 4 heteroatoms. The maximum Gasteiger partial charge on any atom is 0.565 e. The van der Waals surface area contributed by atoms with Crippen LogP contribution in [0.15, 0.2) is 30.3 Å². The molecule has 0 bridgehead atoms. The largest absolute Gasteiger partial charge is 0.565 e. The Morgan fingerprint density at radius 2 is 1.50 bits per heavy atom. The SMILES string of the molecule is CCO[Si](CC)(OCC)Oc1ccccc1. The molecule has 3 nitrogen and oxygen atoms in total. The van der Waals surface area contributed by atoms with Crippen molar-refractivity contribution >= 4 is 8.80 Å². The predicted octanol–water partition coefficient (Wildman–Crippen LogP) is 3.10. The van der Waals surface area contributed by atoms with Crippen LogP contribution in [0.2, 0.25) is 6.04 Å². The van der Waals surface area contributed by atoms with E-state index in [4.69, 9.17) is 13.3 Å². The van der Waals surface area contributed by atoms with Crippen molar-refractivity contribution in [2.24, 2.45) is 0 Å². The molecule has 0 unspecified atom stereocenters. The molecule has 0 radical (unpaired) electrons. The summed E-state index contributed by atoms with van der Waals surface area (Å²) in [5.41, 5.74) is 0. The Morgan fingerprint density at radius 3 is 1.94 bits per heavy atom. The Kier molecular flexibility index (Phi) is 5.52. The van der Waals surface area contributed by atoms with Crippen molar-refractivity contribution in [1.29, 1.82) is 0 Å². The molecule has 0 saturated carbocycles. The van der Waals surface area contributed by atoms with Crippen molar-refractivity contribution in [3.63, 3.8) is 0 Å². The zero-order valence-electron chi connectivity index (χ0n) is 10.2. The van der Waals surface area contributed by atoms with Crippen LogP contribution in [0.3, 0.4) is 0 Å². The first-order valence-corrected chi connectivity index (χ1v) is 7.71. The highest BCUT2D eigenvalue weighted by atomic mass is 28.4. The summed E-state index contributed by atoms with van der Waals surface area (Å²) in [6.45, 7) is 7.20. The second-order valence-electron chi connectivity index (χ2n) is 3.32. The Bertz CT molecular complexity index is 284. The van der Waals surface area contributed by atoms with Gasteiger partial charge in [0.15, 0.2) is 0 Å². The van der Waals surface area contributed by atoms with Crippen LogP contribution in [0, 0.1) is 0 Å². The second kappa shape index (κ2) is 6.68. The van der Waals surface area contributed by atoms with E-state index in [2.05, 4.69) is 0 Å². The molecule has 0 aliphatic carbocycles. The highest BCUT2D eigenvalue weighted by molar-refractivity contribution is 6.61. The zero-order chi connectivity index (χ0) is 11.9. The molecule has 0 saturated heterocycles. The molecule has 0 aliphatic heterocycles. The van der Waals surface area contributed by atoms with Crippen molar-refractivity contribution in [2.45, 2.75) is 26.8 Å². The summed E-state index contributed by atoms with van der Waals surface area (Å²) in [7, 11) is -2.51. The van der Waals surface area contributed by atoms with Crippen LogP contribution in [0.25, 0.3) is 0 Å².